The lowest BCUT2D eigenvalue weighted by Crippen LogP contribution is -2.12. The van der Waals surface area contributed by atoms with Crippen LogP contribution in [0.2, 0.25) is 0 Å². The Balaban J connectivity index is 2.14. The summed E-state index contributed by atoms with van der Waals surface area (Å²) in [6.07, 6.45) is 3.59. The van der Waals surface area contributed by atoms with Crippen molar-refractivity contribution in [3.63, 3.8) is 0 Å². The highest BCUT2D eigenvalue weighted by molar-refractivity contribution is 5.89. The molecule has 1 heterocycles. The van der Waals surface area contributed by atoms with Crippen LogP contribution in [0.4, 0.5) is 10.1 Å². The lowest BCUT2D eigenvalue weighted by Gasteiger charge is -2.19. The SMILES string of the molecule is CC(C)(C)c1cncc(CNc2ccc(F)c(C(=O)O)c2)c1. The quantitative estimate of drug-likeness (QED) is 0.901. The van der Waals surface area contributed by atoms with E-state index in [1.165, 1.54) is 12.1 Å². The van der Waals surface area contributed by atoms with Crippen molar-refractivity contribution in [3.05, 3.63) is 59.2 Å². The maximum atomic E-state index is 13.3. The van der Waals surface area contributed by atoms with Gasteiger partial charge in [0, 0.05) is 24.6 Å². The van der Waals surface area contributed by atoms with Crippen molar-refractivity contribution < 1.29 is 14.3 Å². The minimum absolute atomic E-state index is 0.00929. The van der Waals surface area contributed by atoms with Gasteiger partial charge in [-0.15, -0.1) is 0 Å². The normalized spacial score (nSPS) is 11.3. The van der Waals surface area contributed by atoms with E-state index in [-0.39, 0.29) is 11.0 Å². The Morgan fingerprint density at radius 1 is 1.27 bits per heavy atom. The van der Waals surface area contributed by atoms with Crippen LogP contribution < -0.4 is 5.32 Å². The van der Waals surface area contributed by atoms with Crippen molar-refractivity contribution >= 4 is 11.7 Å². The Kier molecular flexibility index (Phi) is 4.45. The number of hydrogen-bond donors (Lipinski definition) is 2. The zero-order chi connectivity index (χ0) is 16.3. The topological polar surface area (TPSA) is 62.2 Å². The van der Waals surface area contributed by atoms with Crippen LogP contribution in [0.1, 0.15) is 42.3 Å². The molecule has 116 valence electrons. The van der Waals surface area contributed by atoms with Crippen LogP contribution >= 0.6 is 0 Å². The van der Waals surface area contributed by atoms with Crippen molar-refractivity contribution in [2.45, 2.75) is 32.7 Å². The van der Waals surface area contributed by atoms with Crippen LogP contribution in [-0.2, 0) is 12.0 Å². The van der Waals surface area contributed by atoms with Crippen molar-refractivity contribution in [2.24, 2.45) is 0 Å². The molecule has 0 unspecified atom stereocenters. The lowest BCUT2D eigenvalue weighted by atomic mass is 9.88. The summed E-state index contributed by atoms with van der Waals surface area (Å²) in [5.74, 6) is -2.02. The van der Waals surface area contributed by atoms with Gasteiger partial charge in [0.1, 0.15) is 5.82 Å². The molecule has 1 aromatic heterocycles. The molecule has 0 radical (unpaired) electrons. The Morgan fingerprint density at radius 3 is 2.64 bits per heavy atom. The molecule has 22 heavy (non-hydrogen) atoms. The molecule has 2 N–H and O–H groups in total. The summed E-state index contributed by atoms with van der Waals surface area (Å²) >= 11 is 0. The summed E-state index contributed by atoms with van der Waals surface area (Å²) in [4.78, 5) is 15.2. The maximum absolute atomic E-state index is 13.3. The molecule has 4 nitrogen and oxygen atoms in total. The minimum Gasteiger partial charge on any atom is -0.478 e. The van der Waals surface area contributed by atoms with Crippen LogP contribution in [0.15, 0.2) is 36.7 Å². The van der Waals surface area contributed by atoms with Crippen LogP contribution in [0.25, 0.3) is 0 Å². The summed E-state index contributed by atoms with van der Waals surface area (Å²) in [6.45, 7) is 6.82. The number of benzene rings is 1. The third-order valence-electron chi connectivity index (χ3n) is 3.35. The number of aromatic carboxylic acids is 1. The van der Waals surface area contributed by atoms with Gasteiger partial charge in [-0.05, 0) is 34.7 Å². The summed E-state index contributed by atoms with van der Waals surface area (Å²) in [6, 6.07) is 6.01. The largest absolute Gasteiger partial charge is 0.478 e. The molecule has 0 amide bonds. The van der Waals surface area contributed by atoms with E-state index in [0.717, 1.165) is 17.2 Å². The fourth-order valence-corrected chi connectivity index (χ4v) is 2.00. The van der Waals surface area contributed by atoms with Crippen molar-refractivity contribution in [2.75, 3.05) is 5.32 Å². The number of pyridine rings is 1. The van der Waals surface area contributed by atoms with Gasteiger partial charge in [-0.1, -0.05) is 26.8 Å². The highest BCUT2D eigenvalue weighted by Gasteiger charge is 2.14. The number of nitrogens with one attached hydrogen (secondary N) is 1. The molecular formula is C17H19FN2O2. The standard InChI is InChI=1S/C17H19FN2O2/c1-17(2,3)12-6-11(8-19-10-12)9-20-13-4-5-15(18)14(7-13)16(21)22/h4-8,10,20H,9H2,1-3H3,(H,21,22). The Hall–Kier alpha value is -2.43. The Morgan fingerprint density at radius 2 is 2.00 bits per heavy atom. The molecule has 0 aliphatic heterocycles. The van der Waals surface area contributed by atoms with E-state index in [2.05, 4.69) is 37.1 Å². The molecule has 5 heteroatoms. The number of rotatable bonds is 4. The molecule has 2 aromatic rings. The van der Waals surface area contributed by atoms with Gasteiger partial charge in [-0.3, -0.25) is 4.98 Å². The van der Waals surface area contributed by atoms with E-state index in [4.69, 9.17) is 5.11 Å². The van der Waals surface area contributed by atoms with Crippen LogP contribution in [0, 0.1) is 5.82 Å². The van der Waals surface area contributed by atoms with Crippen LogP contribution in [0.5, 0.6) is 0 Å². The van der Waals surface area contributed by atoms with Crippen LogP contribution in [-0.4, -0.2) is 16.1 Å². The molecule has 2 rings (SSSR count). The molecule has 0 aliphatic carbocycles. The number of carbonyl (C=O) groups is 1. The van der Waals surface area contributed by atoms with Gasteiger partial charge in [0.2, 0.25) is 0 Å². The number of aromatic nitrogens is 1. The predicted octanol–water partition coefficient (Wildman–Crippen LogP) is 3.83. The number of carboxylic acid groups (broad SMARTS) is 1. The van der Waals surface area contributed by atoms with Gasteiger partial charge in [-0.2, -0.15) is 0 Å². The molecule has 0 saturated carbocycles. The first-order valence-corrected chi connectivity index (χ1v) is 6.98. The van der Waals surface area contributed by atoms with Gasteiger partial charge < -0.3 is 10.4 Å². The molecule has 0 spiro atoms. The molecule has 1 aromatic carbocycles. The van der Waals surface area contributed by atoms with Crippen molar-refractivity contribution in [1.29, 1.82) is 0 Å². The van der Waals surface area contributed by atoms with Crippen molar-refractivity contribution in [1.82, 2.24) is 4.98 Å². The Bertz CT molecular complexity index is 693. The monoisotopic (exact) mass is 302 g/mol. The molecule has 0 saturated heterocycles. The van der Waals surface area contributed by atoms with Gasteiger partial charge in [0.05, 0.1) is 5.56 Å². The summed E-state index contributed by atoms with van der Waals surface area (Å²) < 4.78 is 13.3. The van der Waals surface area contributed by atoms with E-state index in [0.29, 0.717) is 12.2 Å². The smallest absolute Gasteiger partial charge is 0.338 e. The van der Waals surface area contributed by atoms with Gasteiger partial charge in [0.15, 0.2) is 0 Å². The molecule has 0 atom stereocenters. The summed E-state index contributed by atoms with van der Waals surface area (Å²) in [5.41, 5.74) is 2.33. The zero-order valence-electron chi connectivity index (χ0n) is 12.9. The molecular weight excluding hydrogens is 283 g/mol. The molecule has 0 bridgehead atoms. The zero-order valence-corrected chi connectivity index (χ0v) is 12.9. The average Bonchev–Trinajstić information content (AvgIpc) is 2.45. The van der Waals surface area contributed by atoms with E-state index in [9.17, 15) is 9.18 Å². The first-order valence-electron chi connectivity index (χ1n) is 6.98. The number of halogens is 1. The minimum atomic E-state index is -1.28. The van der Waals surface area contributed by atoms with E-state index in [1.807, 2.05) is 6.20 Å². The first kappa shape index (κ1) is 15.9. The second-order valence-electron chi connectivity index (χ2n) is 6.19. The van der Waals surface area contributed by atoms with E-state index in [1.54, 1.807) is 6.20 Å². The fourth-order valence-electron chi connectivity index (χ4n) is 2.00. The predicted molar refractivity (Wildman–Crippen MR) is 83.6 cm³/mol. The first-order chi connectivity index (χ1) is 10.3. The van der Waals surface area contributed by atoms with E-state index < -0.39 is 11.8 Å². The number of carboxylic acids is 1. The highest BCUT2D eigenvalue weighted by atomic mass is 19.1. The van der Waals surface area contributed by atoms with E-state index >= 15 is 0 Å². The van der Waals surface area contributed by atoms with Gasteiger partial charge in [0.25, 0.3) is 0 Å². The van der Waals surface area contributed by atoms with Gasteiger partial charge in [-0.25, -0.2) is 9.18 Å². The van der Waals surface area contributed by atoms with Gasteiger partial charge >= 0.3 is 5.97 Å². The lowest BCUT2D eigenvalue weighted by molar-refractivity contribution is 0.0692. The third-order valence-corrected chi connectivity index (χ3v) is 3.35. The number of nitrogens with zero attached hydrogens (tertiary/aromatic N) is 1. The Labute approximate surface area is 129 Å². The molecule has 0 aliphatic rings. The second-order valence-corrected chi connectivity index (χ2v) is 6.19. The average molecular weight is 302 g/mol. The third kappa shape index (κ3) is 3.81. The van der Waals surface area contributed by atoms with Crippen molar-refractivity contribution in [3.8, 4) is 0 Å². The second kappa shape index (κ2) is 6.13. The highest BCUT2D eigenvalue weighted by Crippen LogP contribution is 2.22. The van der Waals surface area contributed by atoms with Crippen LogP contribution in [0.3, 0.4) is 0 Å². The summed E-state index contributed by atoms with van der Waals surface area (Å²) in [5, 5.41) is 12.0. The fraction of sp³-hybridized carbons (Fsp3) is 0.294. The number of anilines is 1. The molecule has 0 fully saturated rings. The number of hydrogen-bond acceptors (Lipinski definition) is 3. The summed E-state index contributed by atoms with van der Waals surface area (Å²) in [7, 11) is 0. The maximum Gasteiger partial charge on any atom is 0.338 e.